The van der Waals surface area contributed by atoms with Crippen LogP contribution in [0.15, 0.2) is 0 Å². The lowest BCUT2D eigenvalue weighted by atomic mass is 10.1. The smallest absolute Gasteiger partial charge is 0.0589 e. The van der Waals surface area contributed by atoms with Crippen LogP contribution < -0.4 is 5.32 Å². The van der Waals surface area contributed by atoms with Gasteiger partial charge in [0.1, 0.15) is 0 Å². The van der Waals surface area contributed by atoms with Crippen LogP contribution in [0, 0.1) is 0 Å². The van der Waals surface area contributed by atoms with Gasteiger partial charge in [-0.2, -0.15) is 0 Å². The fraction of sp³-hybridized carbons (Fsp3) is 1.00. The minimum atomic E-state index is 0.704. The predicted molar refractivity (Wildman–Crippen MR) is 65.8 cm³/mol. The van der Waals surface area contributed by atoms with E-state index < -0.39 is 0 Å². The fourth-order valence-electron chi connectivity index (χ4n) is 2.10. The van der Waals surface area contributed by atoms with Gasteiger partial charge in [-0.3, -0.25) is 0 Å². The molecule has 0 amide bonds. The molecule has 0 aliphatic carbocycles. The predicted octanol–water partition coefficient (Wildman–Crippen LogP) is 0.723. The third-order valence-corrected chi connectivity index (χ3v) is 3.16. The highest BCUT2D eigenvalue weighted by molar-refractivity contribution is 4.76. The summed E-state index contributed by atoms with van der Waals surface area (Å²) in [5, 5.41) is 3.60. The van der Waals surface area contributed by atoms with Gasteiger partial charge in [0.05, 0.1) is 6.61 Å². The van der Waals surface area contributed by atoms with Crippen LogP contribution in [0.3, 0.4) is 0 Å². The lowest BCUT2D eigenvalue weighted by Crippen LogP contribution is -2.43. The molecule has 16 heavy (non-hydrogen) atoms. The van der Waals surface area contributed by atoms with Crippen molar-refractivity contribution < 1.29 is 9.47 Å². The Bertz CT molecular complexity index is 159. The van der Waals surface area contributed by atoms with E-state index in [0.29, 0.717) is 6.04 Å². The van der Waals surface area contributed by atoms with Crippen molar-refractivity contribution in [1.82, 2.24) is 10.2 Å². The van der Waals surface area contributed by atoms with Crippen LogP contribution in [-0.2, 0) is 9.47 Å². The van der Waals surface area contributed by atoms with Crippen LogP contribution in [0.1, 0.15) is 19.3 Å². The quantitative estimate of drug-likeness (QED) is 0.623. The van der Waals surface area contributed by atoms with Gasteiger partial charge in [0.25, 0.3) is 0 Å². The summed E-state index contributed by atoms with van der Waals surface area (Å²) < 4.78 is 10.1. The molecule has 0 radical (unpaired) electrons. The molecule has 1 rings (SSSR count). The van der Waals surface area contributed by atoms with E-state index in [1.54, 1.807) is 14.2 Å². The second-order valence-electron chi connectivity index (χ2n) is 4.41. The first-order valence-corrected chi connectivity index (χ1v) is 6.30. The second-order valence-corrected chi connectivity index (χ2v) is 4.41. The summed E-state index contributed by atoms with van der Waals surface area (Å²) in [7, 11) is 3.53. The molecule has 0 aromatic rings. The molecule has 1 aliphatic rings. The number of methoxy groups -OCH3 is 2. The number of rotatable bonds is 8. The summed E-state index contributed by atoms with van der Waals surface area (Å²) >= 11 is 0. The SMILES string of the molecule is COCCCNC1CCN(CCOC)CC1. The van der Waals surface area contributed by atoms with Crippen LogP contribution >= 0.6 is 0 Å². The lowest BCUT2D eigenvalue weighted by Gasteiger charge is -2.32. The van der Waals surface area contributed by atoms with Gasteiger partial charge in [-0.1, -0.05) is 0 Å². The highest BCUT2D eigenvalue weighted by Gasteiger charge is 2.17. The molecule has 0 spiro atoms. The van der Waals surface area contributed by atoms with Crippen molar-refractivity contribution in [1.29, 1.82) is 0 Å². The maximum absolute atomic E-state index is 5.09. The van der Waals surface area contributed by atoms with Gasteiger partial charge < -0.3 is 19.7 Å². The zero-order chi connectivity index (χ0) is 11.6. The average molecular weight is 230 g/mol. The van der Waals surface area contributed by atoms with Crippen LogP contribution in [0.5, 0.6) is 0 Å². The van der Waals surface area contributed by atoms with Gasteiger partial charge in [0, 0.05) is 33.4 Å². The summed E-state index contributed by atoms with van der Waals surface area (Å²) in [6.45, 7) is 6.27. The zero-order valence-corrected chi connectivity index (χ0v) is 10.7. The van der Waals surface area contributed by atoms with Crippen molar-refractivity contribution in [3.63, 3.8) is 0 Å². The molecule has 1 saturated heterocycles. The molecule has 1 aliphatic heterocycles. The number of nitrogens with zero attached hydrogens (tertiary/aromatic N) is 1. The number of likely N-dealkylation sites (tertiary alicyclic amines) is 1. The molecule has 1 fully saturated rings. The topological polar surface area (TPSA) is 33.7 Å². The Morgan fingerprint density at radius 2 is 1.81 bits per heavy atom. The summed E-state index contributed by atoms with van der Waals surface area (Å²) in [6.07, 6.45) is 3.63. The fourth-order valence-corrected chi connectivity index (χ4v) is 2.10. The molecule has 1 N–H and O–H groups in total. The maximum Gasteiger partial charge on any atom is 0.0589 e. The van der Waals surface area contributed by atoms with Crippen molar-refractivity contribution in [3.05, 3.63) is 0 Å². The molecular formula is C12H26N2O2. The Kier molecular flexibility index (Phi) is 7.76. The first-order valence-electron chi connectivity index (χ1n) is 6.30. The highest BCUT2D eigenvalue weighted by atomic mass is 16.5. The van der Waals surface area contributed by atoms with Gasteiger partial charge >= 0.3 is 0 Å². The molecule has 0 atom stereocenters. The Morgan fingerprint density at radius 1 is 1.12 bits per heavy atom. The highest BCUT2D eigenvalue weighted by Crippen LogP contribution is 2.09. The number of piperidine rings is 1. The first kappa shape index (κ1) is 13.9. The summed E-state index contributed by atoms with van der Waals surface area (Å²) in [4.78, 5) is 2.48. The Hall–Kier alpha value is -0.160. The lowest BCUT2D eigenvalue weighted by molar-refractivity contribution is 0.125. The number of ether oxygens (including phenoxy) is 2. The maximum atomic E-state index is 5.09. The molecular weight excluding hydrogens is 204 g/mol. The average Bonchev–Trinajstić information content (AvgIpc) is 2.33. The van der Waals surface area contributed by atoms with E-state index in [1.807, 2.05) is 0 Å². The Labute approximate surface area is 99.3 Å². The van der Waals surface area contributed by atoms with Crippen molar-refractivity contribution in [2.45, 2.75) is 25.3 Å². The summed E-state index contributed by atoms with van der Waals surface area (Å²) in [6, 6.07) is 0.704. The molecule has 0 saturated carbocycles. The van der Waals surface area contributed by atoms with E-state index in [4.69, 9.17) is 9.47 Å². The second kappa shape index (κ2) is 8.93. The van der Waals surface area contributed by atoms with Crippen LogP contribution in [0.2, 0.25) is 0 Å². The number of hydrogen-bond donors (Lipinski definition) is 1. The first-order chi connectivity index (χ1) is 7.86. The van der Waals surface area contributed by atoms with E-state index in [-0.39, 0.29) is 0 Å². The molecule has 4 heteroatoms. The van der Waals surface area contributed by atoms with Gasteiger partial charge in [-0.15, -0.1) is 0 Å². The largest absolute Gasteiger partial charge is 0.385 e. The minimum Gasteiger partial charge on any atom is -0.385 e. The van der Waals surface area contributed by atoms with Crippen LogP contribution in [-0.4, -0.2) is 64.6 Å². The molecule has 0 aromatic carbocycles. The third-order valence-electron chi connectivity index (χ3n) is 3.16. The Morgan fingerprint density at radius 3 is 2.44 bits per heavy atom. The summed E-state index contributed by atoms with van der Waals surface area (Å²) in [5.41, 5.74) is 0. The molecule has 4 nitrogen and oxygen atoms in total. The molecule has 0 aromatic heterocycles. The molecule has 0 unspecified atom stereocenters. The summed E-state index contributed by atoms with van der Waals surface area (Å²) in [5.74, 6) is 0. The van der Waals surface area contributed by atoms with Gasteiger partial charge in [0.2, 0.25) is 0 Å². The zero-order valence-electron chi connectivity index (χ0n) is 10.7. The normalized spacial score (nSPS) is 19.1. The number of nitrogens with one attached hydrogen (secondary N) is 1. The Balaban J connectivity index is 1.98. The monoisotopic (exact) mass is 230 g/mol. The van der Waals surface area contributed by atoms with E-state index in [2.05, 4.69) is 10.2 Å². The van der Waals surface area contributed by atoms with E-state index in [9.17, 15) is 0 Å². The molecule has 0 bridgehead atoms. The van der Waals surface area contributed by atoms with Gasteiger partial charge in [-0.25, -0.2) is 0 Å². The third kappa shape index (κ3) is 5.80. The standard InChI is InChI=1S/C12H26N2O2/c1-15-10-3-6-13-12-4-7-14(8-5-12)9-11-16-2/h12-13H,3-11H2,1-2H3. The minimum absolute atomic E-state index is 0.704. The van der Waals surface area contributed by atoms with E-state index >= 15 is 0 Å². The van der Waals surface area contributed by atoms with Crippen LogP contribution in [0.4, 0.5) is 0 Å². The van der Waals surface area contributed by atoms with Gasteiger partial charge in [0.15, 0.2) is 0 Å². The van der Waals surface area contributed by atoms with E-state index in [1.165, 1.54) is 25.9 Å². The van der Waals surface area contributed by atoms with Crippen LogP contribution in [0.25, 0.3) is 0 Å². The van der Waals surface area contributed by atoms with E-state index in [0.717, 1.165) is 32.7 Å². The molecule has 1 heterocycles. The van der Waals surface area contributed by atoms with Crippen molar-refractivity contribution in [3.8, 4) is 0 Å². The van der Waals surface area contributed by atoms with Crippen molar-refractivity contribution in [2.24, 2.45) is 0 Å². The van der Waals surface area contributed by atoms with Gasteiger partial charge in [-0.05, 0) is 38.9 Å². The van der Waals surface area contributed by atoms with Crippen molar-refractivity contribution >= 4 is 0 Å². The number of hydrogen-bond acceptors (Lipinski definition) is 4. The van der Waals surface area contributed by atoms with Crippen molar-refractivity contribution in [2.75, 3.05) is 53.6 Å². The molecule has 96 valence electrons.